The maximum absolute atomic E-state index is 5.90. The van der Waals surface area contributed by atoms with E-state index in [-0.39, 0.29) is 0 Å². The Labute approximate surface area is 125 Å². The Morgan fingerprint density at radius 2 is 2.16 bits per heavy atom. The summed E-state index contributed by atoms with van der Waals surface area (Å²) in [5, 5.41) is 5.45. The van der Waals surface area contributed by atoms with Crippen molar-refractivity contribution in [2.24, 2.45) is 0 Å². The second-order valence-electron chi connectivity index (χ2n) is 5.25. The smallest absolute Gasteiger partial charge is 0.164 e. The van der Waals surface area contributed by atoms with E-state index in [1.165, 1.54) is 12.2 Å². The summed E-state index contributed by atoms with van der Waals surface area (Å²) in [4.78, 5) is 10.8. The molecule has 2 aromatic heterocycles. The van der Waals surface area contributed by atoms with Gasteiger partial charge in [-0.1, -0.05) is 13.8 Å². The van der Waals surface area contributed by atoms with E-state index in [0.717, 1.165) is 34.4 Å². The molecule has 0 aliphatic carbocycles. The van der Waals surface area contributed by atoms with E-state index >= 15 is 0 Å². The fraction of sp³-hybridized carbons (Fsp3) is 0.500. The third-order valence-electron chi connectivity index (χ3n) is 3.30. The summed E-state index contributed by atoms with van der Waals surface area (Å²) >= 11 is 2.19. The Balaban J connectivity index is 1.86. The number of halogens is 1. The molecule has 19 heavy (non-hydrogen) atoms. The normalized spacial score (nSPS) is 17.3. The van der Waals surface area contributed by atoms with Crippen molar-refractivity contribution in [1.29, 1.82) is 0 Å². The zero-order valence-corrected chi connectivity index (χ0v) is 13.1. The number of fused-ring (bicyclic) bond motifs is 1. The molecule has 1 aliphatic rings. The van der Waals surface area contributed by atoms with E-state index in [1.807, 2.05) is 4.68 Å². The van der Waals surface area contributed by atoms with Gasteiger partial charge in [0.2, 0.25) is 0 Å². The summed E-state index contributed by atoms with van der Waals surface area (Å²) < 4.78 is 2.87. The Morgan fingerprint density at radius 1 is 1.42 bits per heavy atom. The topological polar surface area (TPSA) is 72.9 Å². The van der Waals surface area contributed by atoms with E-state index in [0.29, 0.717) is 11.9 Å². The number of anilines is 1. The SMILES string of the molecule is C[C](C)CN1CC(n2nc(I)c3c(N)ncnc32)C1. The molecule has 0 amide bonds. The van der Waals surface area contributed by atoms with Crippen LogP contribution in [0.3, 0.4) is 0 Å². The largest absolute Gasteiger partial charge is 0.383 e. The third-order valence-corrected chi connectivity index (χ3v) is 4.05. The van der Waals surface area contributed by atoms with Crippen LogP contribution in [0.1, 0.15) is 19.9 Å². The van der Waals surface area contributed by atoms with Crippen molar-refractivity contribution in [1.82, 2.24) is 24.6 Å². The monoisotopic (exact) mass is 371 g/mol. The van der Waals surface area contributed by atoms with Gasteiger partial charge in [-0.3, -0.25) is 4.90 Å². The number of nitrogens with two attached hydrogens (primary N) is 1. The molecule has 7 heteroatoms. The van der Waals surface area contributed by atoms with Crippen LogP contribution in [0.4, 0.5) is 5.82 Å². The molecule has 3 heterocycles. The highest BCUT2D eigenvalue weighted by Gasteiger charge is 2.31. The zero-order valence-electron chi connectivity index (χ0n) is 11.0. The lowest BCUT2D eigenvalue weighted by Crippen LogP contribution is -2.49. The summed E-state index contributed by atoms with van der Waals surface area (Å²) in [6.45, 7) is 7.41. The van der Waals surface area contributed by atoms with Crippen molar-refractivity contribution >= 4 is 39.4 Å². The van der Waals surface area contributed by atoms with Crippen LogP contribution in [0.2, 0.25) is 0 Å². The van der Waals surface area contributed by atoms with Gasteiger partial charge in [0.25, 0.3) is 0 Å². The predicted octanol–water partition coefficient (Wildman–Crippen LogP) is 1.48. The molecule has 1 saturated heterocycles. The quantitative estimate of drug-likeness (QED) is 0.828. The van der Waals surface area contributed by atoms with Gasteiger partial charge in [0, 0.05) is 19.6 Å². The molecule has 0 atom stereocenters. The van der Waals surface area contributed by atoms with Crippen LogP contribution in [0, 0.1) is 9.62 Å². The molecule has 2 N–H and O–H groups in total. The molecule has 3 rings (SSSR count). The van der Waals surface area contributed by atoms with Gasteiger partial charge >= 0.3 is 0 Å². The molecular formula is C12H16IN6. The number of nitrogens with zero attached hydrogens (tertiary/aromatic N) is 5. The van der Waals surface area contributed by atoms with Crippen molar-refractivity contribution in [3.8, 4) is 0 Å². The second kappa shape index (κ2) is 4.86. The highest BCUT2D eigenvalue weighted by Crippen LogP contribution is 2.29. The van der Waals surface area contributed by atoms with Crippen molar-refractivity contribution < 1.29 is 0 Å². The zero-order chi connectivity index (χ0) is 13.6. The van der Waals surface area contributed by atoms with Gasteiger partial charge in [0.05, 0.1) is 11.4 Å². The fourth-order valence-electron chi connectivity index (χ4n) is 2.48. The molecule has 0 aromatic carbocycles. The van der Waals surface area contributed by atoms with Crippen LogP contribution in [0.15, 0.2) is 6.33 Å². The van der Waals surface area contributed by atoms with Gasteiger partial charge in [0.1, 0.15) is 15.8 Å². The lowest BCUT2D eigenvalue weighted by atomic mass is 10.1. The molecular weight excluding hydrogens is 355 g/mol. The summed E-state index contributed by atoms with van der Waals surface area (Å²) in [6, 6.07) is 0.389. The Bertz CT molecular complexity index is 602. The maximum atomic E-state index is 5.90. The fourth-order valence-corrected chi connectivity index (χ4v) is 3.23. The summed E-state index contributed by atoms with van der Waals surface area (Å²) in [6.07, 6.45) is 1.51. The molecule has 0 spiro atoms. The van der Waals surface area contributed by atoms with E-state index in [2.05, 4.69) is 56.4 Å². The highest BCUT2D eigenvalue weighted by molar-refractivity contribution is 14.1. The van der Waals surface area contributed by atoms with Crippen molar-refractivity contribution in [3.05, 3.63) is 15.9 Å². The molecule has 0 unspecified atom stereocenters. The predicted molar refractivity (Wildman–Crippen MR) is 82.5 cm³/mol. The minimum Gasteiger partial charge on any atom is -0.383 e. The van der Waals surface area contributed by atoms with Gasteiger partial charge in [-0.05, 0) is 28.5 Å². The lowest BCUT2D eigenvalue weighted by molar-refractivity contribution is 0.107. The number of hydrogen-bond acceptors (Lipinski definition) is 5. The summed E-state index contributed by atoms with van der Waals surface area (Å²) in [5.41, 5.74) is 6.75. The van der Waals surface area contributed by atoms with Crippen molar-refractivity contribution in [2.75, 3.05) is 25.4 Å². The van der Waals surface area contributed by atoms with Gasteiger partial charge in [0.15, 0.2) is 5.65 Å². The third kappa shape index (κ3) is 2.29. The molecule has 0 saturated carbocycles. The standard InChI is InChI=1S/C12H16IN6/c1-7(2)3-18-4-8(5-18)19-12-9(10(13)17-19)11(14)15-6-16-12/h6,8H,3-5H2,1-2H3,(H2,14,15,16). The molecule has 2 aromatic rings. The first-order valence-corrected chi connectivity index (χ1v) is 7.29. The maximum Gasteiger partial charge on any atom is 0.164 e. The minimum atomic E-state index is 0.389. The first-order chi connectivity index (χ1) is 9.06. The van der Waals surface area contributed by atoms with Crippen LogP contribution < -0.4 is 5.73 Å². The van der Waals surface area contributed by atoms with Gasteiger partial charge in [-0.25, -0.2) is 14.6 Å². The van der Waals surface area contributed by atoms with E-state index in [1.54, 1.807) is 0 Å². The number of hydrogen-bond donors (Lipinski definition) is 1. The number of nitrogen functional groups attached to an aromatic ring is 1. The van der Waals surface area contributed by atoms with Crippen LogP contribution in [-0.4, -0.2) is 44.3 Å². The van der Waals surface area contributed by atoms with Crippen LogP contribution in [0.5, 0.6) is 0 Å². The Morgan fingerprint density at radius 3 is 2.84 bits per heavy atom. The van der Waals surface area contributed by atoms with E-state index in [4.69, 9.17) is 5.73 Å². The first-order valence-electron chi connectivity index (χ1n) is 6.22. The van der Waals surface area contributed by atoms with Crippen molar-refractivity contribution in [3.63, 3.8) is 0 Å². The van der Waals surface area contributed by atoms with Crippen LogP contribution in [-0.2, 0) is 0 Å². The number of likely N-dealkylation sites (tertiary alicyclic amines) is 1. The van der Waals surface area contributed by atoms with Crippen molar-refractivity contribution in [2.45, 2.75) is 19.9 Å². The van der Waals surface area contributed by atoms with Crippen LogP contribution >= 0.6 is 22.6 Å². The number of rotatable bonds is 3. The minimum absolute atomic E-state index is 0.389. The molecule has 1 aliphatic heterocycles. The lowest BCUT2D eigenvalue weighted by Gasteiger charge is -2.40. The molecule has 1 radical (unpaired) electrons. The average Bonchev–Trinajstić information content (AvgIpc) is 2.62. The number of aromatic nitrogens is 4. The Kier molecular flexibility index (Phi) is 3.34. The molecule has 101 valence electrons. The average molecular weight is 371 g/mol. The van der Waals surface area contributed by atoms with Gasteiger partial charge in [-0.15, -0.1) is 0 Å². The van der Waals surface area contributed by atoms with Gasteiger partial charge < -0.3 is 5.73 Å². The molecule has 0 bridgehead atoms. The summed E-state index contributed by atoms with van der Waals surface area (Å²) in [5.74, 6) is 1.94. The van der Waals surface area contributed by atoms with E-state index < -0.39 is 0 Å². The summed E-state index contributed by atoms with van der Waals surface area (Å²) in [7, 11) is 0. The second-order valence-corrected chi connectivity index (χ2v) is 6.27. The first kappa shape index (κ1) is 13.0. The molecule has 1 fully saturated rings. The van der Waals surface area contributed by atoms with E-state index in [9.17, 15) is 0 Å². The van der Waals surface area contributed by atoms with Crippen LogP contribution in [0.25, 0.3) is 11.0 Å². The molecule has 6 nitrogen and oxygen atoms in total. The Hall–Kier alpha value is -0.960. The highest BCUT2D eigenvalue weighted by atomic mass is 127. The van der Waals surface area contributed by atoms with Gasteiger partial charge in [-0.2, -0.15) is 5.10 Å².